The molecule has 4 nitrogen and oxygen atoms in total. The molecule has 1 rings (SSSR count). The summed E-state index contributed by atoms with van der Waals surface area (Å²) in [7, 11) is 0. The van der Waals surface area contributed by atoms with Crippen molar-refractivity contribution in [2.75, 3.05) is 13.2 Å². The van der Waals surface area contributed by atoms with Crippen LogP contribution in [0.3, 0.4) is 0 Å². The summed E-state index contributed by atoms with van der Waals surface area (Å²) < 4.78 is 5.54. The van der Waals surface area contributed by atoms with Crippen LogP contribution in [0.15, 0.2) is 30.3 Å². The second-order valence-electron chi connectivity index (χ2n) is 4.55. The van der Waals surface area contributed by atoms with Crippen molar-refractivity contribution in [2.45, 2.75) is 26.2 Å². The second-order valence-corrected chi connectivity index (χ2v) is 5.02. The highest BCUT2D eigenvalue weighted by atomic mass is 32.1. The second kappa shape index (κ2) is 9.31. The number of thiocarbonyl (C=S) groups is 1. The van der Waals surface area contributed by atoms with Gasteiger partial charge in [0, 0.05) is 6.54 Å². The van der Waals surface area contributed by atoms with Gasteiger partial charge in [0.15, 0.2) is 0 Å². The van der Waals surface area contributed by atoms with Crippen LogP contribution in [0.4, 0.5) is 0 Å². The van der Waals surface area contributed by atoms with Gasteiger partial charge in [0.1, 0.15) is 5.75 Å². The van der Waals surface area contributed by atoms with Gasteiger partial charge < -0.3 is 15.8 Å². The summed E-state index contributed by atoms with van der Waals surface area (Å²) in [4.78, 5) is 12.2. The fraction of sp³-hybridized carbons (Fsp3) is 0.467. The molecule has 0 saturated carbocycles. The van der Waals surface area contributed by atoms with Gasteiger partial charge in [-0.3, -0.25) is 4.79 Å². The zero-order valence-electron chi connectivity index (χ0n) is 11.8. The van der Waals surface area contributed by atoms with Gasteiger partial charge in [-0.1, -0.05) is 43.8 Å². The summed E-state index contributed by atoms with van der Waals surface area (Å²) in [6, 6.07) is 9.60. The predicted octanol–water partition coefficient (Wildman–Crippen LogP) is 2.27. The quantitative estimate of drug-likeness (QED) is 0.542. The SMILES string of the molecule is CCCC(C(=O)NCCCOc1ccccc1)C(N)=S. The van der Waals surface area contributed by atoms with Crippen LogP contribution >= 0.6 is 12.2 Å². The van der Waals surface area contributed by atoms with Crippen molar-refractivity contribution in [2.24, 2.45) is 11.7 Å². The Morgan fingerprint density at radius 1 is 1.40 bits per heavy atom. The molecule has 0 aliphatic heterocycles. The fourth-order valence-electron chi connectivity index (χ4n) is 1.80. The maximum atomic E-state index is 11.9. The zero-order chi connectivity index (χ0) is 14.8. The molecule has 1 atom stereocenters. The average Bonchev–Trinajstić information content (AvgIpc) is 2.45. The first-order valence-electron chi connectivity index (χ1n) is 6.90. The van der Waals surface area contributed by atoms with Gasteiger partial charge in [-0.15, -0.1) is 0 Å². The molecule has 0 radical (unpaired) electrons. The number of nitrogens with two attached hydrogens (primary N) is 1. The molecule has 0 spiro atoms. The number of rotatable bonds is 9. The summed E-state index contributed by atoms with van der Waals surface area (Å²) in [5, 5.41) is 2.85. The number of benzene rings is 1. The van der Waals surface area contributed by atoms with Crippen molar-refractivity contribution in [1.29, 1.82) is 0 Å². The molecule has 1 aromatic carbocycles. The third-order valence-electron chi connectivity index (χ3n) is 2.87. The number of para-hydroxylation sites is 1. The highest BCUT2D eigenvalue weighted by Crippen LogP contribution is 2.09. The summed E-state index contributed by atoms with van der Waals surface area (Å²) in [6.07, 6.45) is 2.32. The maximum Gasteiger partial charge on any atom is 0.229 e. The Labute approximate surface area is 125 Å². The van der Waals surface area contributed by atoms with Crippen LogP contribution in [-0.2, 0) is 4.79 Å². The van der Waals surface area contributed by atoms with Crippen LogP contribution in [-0.4, -0.2) is 24.0 Å². The highest BCUT2D eigenvalue weighted by molar-refractivity contribution is 7.80. The molecular weight excluding hydrogens is 272 g/mol. The maximum absolute atomic E-state index is 11.9. The zero-order valence-corrected chi connectivity index (χ0v) is 12.6. The van der Waals surface area contributed by atoms with E-state index in [1.165, 1.54) is 0 Å². The first-order valence-corrected chi connectivity index (χ1v) is 7.30. The van der Waals surface area contributed by atoms with Crippen LogP contribution in [0, 0.1) is 5.92 Å². The largest absolute Gasteiger partial charge is 0.494 e. The van der Waals surface area contributed by atoms with E-state index in [0.717, 1.165) is 18.6 Å². The van der Waals surface area contributed by atoms with Gasteiger partial charge in [0.05, 0.1) is 17.5 Å². The van der Waals surface area contributed by atoms with Crippen LogP contribution in [0.5, 0.6) is 5.75 Å². The Kier molecular flexibility index (Phi) is 7.65. The Hall–Kier alpha value is -1.62. The molecule has 5 heteroatoms. The molecule has 0 aromatic heterocycles. The van der Waals surface area contributed by atoms with E-state index in [4.69, 9.17) is 22.7 Å². The molecule has 0 aliphatic carbocycles. The molecule has 1 amide bonds. The molecule has 0 saturated heterocycles. The molecule has 0 fully saturated rings. The minimum Gasteiger partial charge on any atom is -0.494 e. The monoisotopic (exact) mass is 294 g/mol. The van der Waals surface area contributed by atoms with Crippen LogP contribution in [0.1, 0.15) is 26.2 Å². The average molecular weight is 294 g/mol. The summed E-state index contributed by atoms with van der Waals surface area (Å²) in [6.45, 7) is 3.14. The first kappa shape index (κ1) is 16.4. The van der Waals surface area contributed by atoms with Gasteiger partial charge >= 0.3 is 0 Å². The van der Waals surface area contributed by atoms with Gasteiger partial charge in [0.25, 0.3) is 0 Å². The van der Waals surface area contributed by atoms with Crippen molar-refractivity contribution >= 4 is 23.1 Å². The van der Waals surface area contributed by atoms with E-state index in [2.05, 4.69) is 5.32 Å². The third kappa shape index (κ3) is 6.02. The van der Waals surface area contributed by atoms with Crippen molar-refractivity contribution in [3.8, 4) is 5.75 Å². The molecule has 1 unspecified atom stereocenters. The van der Waals surface area contributed by atoms with Crippen molar-refractivity contribution in [1.82, 2.24) is 5.32 Å². The van der Waals surface area contributed by atoms with Gasteiger partial charge in [-0.2, -0.15) is 0 Å². The molecule has 0 aliphatic rings. The Morgan fingerprint density at radius 2 is 2.10 bits per heavy atom. The molecule has 110 valence electrons. The van der Waals surface area contributed by atoms with Gasteiger partial charge in [0.2, 0.25) is 5.91 Å². The lowest BCUT2D eigenvalue weighted by molar-refractivity contribution is -0.123. The third-order valence-corrected chi connectivity index (χ3v) is 3.15. The van der Waals surface area contributed by atoms with Gasteiger partial charge in [-0.05, 0) is 25.0 Å². The molecule has 1 aromatic rings. The highest BCUT2D eigenvalue weighted by Gasteiger charge is 2.19. The van der Waals surface area contributed by atoms with E-state index < -0.39 is 0 Å². The van der Waals surface area contributed by atoms with Crippen molar-refractivity contribution in [3.63, 3.8) is 0 Å². The smallest absolute Gasteiger partial charge is 0.229 e. The molecule has 0 bridgehead atoms. The lowest BCUT2D eigenvalue weighted by atomic mass is 10.0. The molecule has 20 heavy (non-hydrogen) atoms. The van der Waals surface area contributed by atoms with Crippen LogP contribution in [0.25, 0.3) is 0 Å². The van der Waals surface area contributed by atoms with Crippen LogP contribution in [0.2, 0.25) is 0 Å². The minimum atomic E-state index is -0.356. The Balaban J connectivity index is 2.20. The first-order chi connectivity index (χ1) is 9.65. The van der Waals surface area contributed by atoms with Gasteiger partial charge in [-0.25, -0.2) is 0 Å². The molecule has 3 N–H and O–H groups in total. The van der Waals surface area contributed by atoms with E-state index in [9.17, 15) is 4.79 Å². The lowest BCUT2D eigenvalue weighted by Gasteiger charge is -2.14. The normalized spacial score (nSPS) is 11.7. The topological polar surface area (TPSA) is 64.3 Å². The number of carbonyl (C=O) groups excluding carboxylic acids is 1. The molecular formula is C15H22N2O2S. The minimum absolute atomic E-state index is 0.0842. The number of nitrogens with one attached hydrogen (secondary N) is 1. The van der Waals surface area contributed by atoms with E-state index in [1.807, 2.05) is 37.3 Å². The predicted molar refractivity (Wildman–Crippen MR) is 84.7 cm³/mol. The fourth-order valence-corrected chi connectivity index (χ4v) is 2.03. The van der Waals surface area contributed by atoms with E-state index in [1.54, 1.807) is 0 Å². The number of hydrogen-bond donors (Lipinski definition) is 2. The number of hydrogen-bond acceptors (Lipinski definition) is 3. The van der Waals surface area contributed by atoms with E-state index >= 15 is 0 Å². The summed E-state index contributed by atoms with van der Waals surface area (Å²) in [5.74, 6) is 0.398. The standard InChI is InChI=1S/C15H22N2O2S/c1-2-7-13(14(16)20)15(18)17-10-6-11-19-12-8-4-3-5-9-12/h3-5,8-9,13H,2,6-7,10-11H2,1H3,(H2,16,20)(H,17,18). The van der Waals surface area contributed by atoms with E-state index in [0.29, 0.717) is 19.6 Å². The number of ether oxygens (including phenoxy) is 1. The number of amides is 1. The Bertz CT molecular complexity index is 423. The van der Waals surface area contributed by atoms with Crippen molar-refractivity contribution in [3.05, 3.63) is 30.3 Å². The van der Waals surface area contributed by atoms with Crippen LogP contribution < -0.4 is 15.8 Å². The lowest BCUT2D eigenvalue weighted by Crippen LogP contribution is -2.38. The Morgan fingerprint density at radius 3 is 2.70 bits per heavy atom. The van der Waals surface area contributed by atoms with Crippen molar-refractivity contribution < 1.29 is 9.53 Å². The summed E-state index contributed by atoms with van der Waals surface area (Å²) in [5.41, 5.74) is 5.58. The van der Waals surface area contributed by atoms with E-state index in [-0.39, 0.29) is 16.8 Å². The number of carbonyl (C=O) groups is 1. The summed E-state index contributed by atoms with van der Waals surface area (Å²) >= 11 is 4.92. The molecule has 0 heterocycles.